The number of methoxy groups -OCH3 is 1. The molecule has 0 heterocycles. The first kappa shape index (κ1) is 18.7. The topological polar surface area (TPSA) is 93.7 Å². The summed E-state index contributed by atoms with van der Waals surface area (Å²) >= 11 is 0. The lowest BCUT2D eigenvalue weighted by Crippen LogP contribution is -2.45. The van der Waals surface area contributed by atoms with Gasteiger partial charge in [0.25, 0.3) is 5.91 Å². The summed E-state index contributed by atoms with van der Waals surface area (Å²) in [6.07, 6.45) is 3.98. The fourth-order valence-corrected chi connectivity index (χ4v) is 3.21. The fourth-order valence-electron chi connectivity index (χ4n) is 3.21. The largest absolute Gasteiger partial charge is 0.496 e. The third-order valence-corrected chi connectivity index (χ3v) is 4.57. The van der Waals surface area contributed by atoms with Gasteiger partial charge < -0.3 is 14.8 Å². The number of carbonyl (C=O) groups is 3. The first-order valence-electron chi connectivity index (χ1n) is 8.91. The lowest BCUT2D eigenvalue weighted by Gasteiger charge is -2.13. The zero-order chi connectivity index (χ0) is 19.2. The number of rotatable bonds is 5. The highest BCUT2D eigenvalue weighted by molar-refractivity contribution is 6.00. The number of fused-ring (bicyclic) bond motifs is 1. The minimum atomic E-state index is -0.691. The van der Waals surface area contributed by atoms with Crippen molar-refractivity contribution in [1.29, 1.82) is 0 Å². The van der Waals surface area contributed by atoms with Gasteiger partial charge in [-0.15, -0.1) is 0 Å². The Morgan fingerprint density at radius 2 is 1.74 bits per heavy atom. The molecule has 1 fully saturated rings. The standard InChI is InChI=1S/C20H22N2O5/c1-26-17-11-14-7-3-2-6-13(14)10-16(17)19(24)27-12-18(23)22-20(25)21-15-8-4-5-9-15/h2-3,6-7,10-11,15H,4-5,8-9,12H2,1H3,(H2,21,22,23,25). The molecule has 2 aromatic carbocycles. The van der Waals surface area contributed by atoms with Gasteiger partial charge in [0.15, 0.2) is 6.61 Å². The molecule has 0 spiro atoms. The molecule has 7 nitrogen and oxygen atoms in total. The van der Waals surface area contributed by atoms with Crippen molar-refractivity contribution in [2.24, 2.45) is 0 Å². The van der Waals surface area contributed by atoms with Crippen LogP contribution in [0.25, 0.3) is 10.8 Å². The van der Waals surface area contributed by atoms with Gasteiger partial charge in [-0.25, -0.2) is 9.59 Å². The summed E-state index contributed by atoms with van der Waals surface area (Å²) in [6.45, 7) is -0.549. The first-order valence-corrected chi connectivity index (χ1v) is 8.91. The summed E-state index contributed by atoms with van der Waals surface area (Å²) in [6, 6.07) is 10.5. The van der Waals surface area contributed by atoms with E-state index in [-0.39, 0.29) is 11.6 Å². The fraction of sp³-hybridized carbons (Fsp3) is 0.350. The van der Waals surface area contributed by atoms with Crippen LogP contribution < -0.4 is 15.4 Å². The van der Waals surface area contributed by atoms with Crippen LogP contribution in [0.5, 0.6) is 5.75 Å². The molecule has 0 saturated heterocycles. The second-order valence-corrected chi connectivity index (χ2v) is 6.48. The molecule has 3 amide bonds. The van der Waals surface area contributed by atoms with Crippen LogP contribution in [0.3, 0.4) is 0 Å². The van der Waals surface area contributed by atoms with Gasteiger partial charge in [0.05, 0.1) is 7.11 Å². The molecule has 3 rings (SSSR count). The van der Waals surface area contributed by atoms with Crippen LogP contribution in [-0.2, 0) is 9.53 Å². The third-order valence-electron chi connectivity index (χ3n) is 4.57. The van der Waals surface area contributed by atoms with Crippen molar-refractivity contribution in [2.75, 3.05) is 13.7 Å². The van der Waals surface area contributed by atoms with Crippen LogP contribution in [0.15, 0.2) is 36.4 Å². The van der Waals surface area contributed by atoms with Crippen LogP contribution in [0.1, 0.15) is 36.0 Å². The molecular weight excluding hydrogens is 348 g/mol. The van der Waals surface area contributed by atoms with E-state index in [1.807, 2.05) is 24.3 Å². The van der Waals surface area contributed by atoms with Gasteiger partial charge in [-0.1, -0.05) is 37.1 Å². The van der Waals surface area contributed by atoms with E-state index in [1.165, 1.54) is 7.11 Å². The second kappa shape index (κ2) is 8.53. The van der Waals surface area contributed by atoms with Gasteiger partial charge in [0, 0.05) is 6.04 Å². The number of imide groups is 1. The summed E-state index contributed by atoms with van der Waals surface area (Å²) in [4.78, 5) is 36.0. The smallest absolute Gasteiger partial charge is 0.342 e. The molecular formula is C20H22N2O5. The van der Waals surface area contributed by atoms with Gasteiger partial charge in [-0.3, -0.25) is 10.1 Å². The van der Waals surface area contributed by atoms with Crippen LogP contribution >= 0.6 is 0 Å². The Kier molecular flexibility index (Phi) is 5.90. The number of hydrogen-bond donors (Lipinski definition) is 2. The molecule has 27 heavy (non-hydrogen) atoms. The van der Waals surface area contributed by atoms with Gasteiger partial charge in [-0.05, 0) is 35.7 Å². The van der Waals surface area contributed by atoms with Crippen molar-refractivity contribution in [3.8, 4) is 5.75 Å². The number of nitrogens with one attached hydrogen (secondary N) is 2. The number of esters is 1. The molecule has 0 atom stereocenters. The van der Waals surface area contributed by atoms with E-state index in [0.29, 0.717) is 5.75 Å². The maximum absolute atomic E-state index is 12.4. The minimum Gasteiger partial charge on any atom is -0.496 e. The van der Waals surface area contributed by atoms with Crippen LogP contribution in [0.4, 0.5) is 4.79 Å². The summed E-state index contributed by atoms with van der Waals surface area (Å²) in [5, 5.41) is 6.69. The zero-order valence-electron chi connectivity index (χ0n) is 15.1. The molecule has 0 aliphatic heterocycles. The van der Waals surface area contributed by atoms with Crippen LogP contribution in [0, 0.1) is 0 Å². The average Bonchev–Trinajstić information content (AvgIpc) is 3.17. The number of urea groups is 1. The van der Waals surface area contributed by atoms with Gasteiger partial charge in [0.1, 0.15) is 11.3 Å². The zero-order valence-corrected chi connectivity index (χ0v) is 15.1. The van der Waals surface area contributed by atoms with Crippen molar-refractivity contribution in [3.05, 3.63) is 42.0 Å². The van der Waals surface area contributed by atoms with Crippen molar-refractivity contribution >= 4 is 28.7 Å². The molecule has 1 saturated carbocycles. The van der Waals surface area contributed by atoms with E-state index in [9.17, 15) is 14.4 Å². The molecule has 1 aliphatic carbocycles. The predicted octanol–water partition coefficient (Wildman–Crippen LogP) is 2.77. The monoisotopic (exact) mass is 370 g/mol. The molecule has 0 aromatic heterocycles. The predicted molar refractivity (Wildman–Crippen MR) is 99.7 cm³/mol. The molecule has 2 aromatic rings. The molecule has 1 aliphatic rings. The Morgan fingerprint density at radius 1 is 1.07 bits per heavy atom. The summed E-state index contributed by atoms with van der Waals surface area (Å²) in [5.74, 6) is -1.01. The van der Waals surface area contributed by atoms with Crippen molar-refractivity contribution < 1.29 is 23.9 Å². The highest BCUT2D eigenvalue weighted by atomic mass is 16.5. The molecule has 2 N–H and O–H groups in total. The lowest BCUT2D eigenvalue weighted by atomic mass is 10.1. The van der Waals surface area contributed by atoms with Crippen molar-refractivity contribution in [1.82, 2.24) is 10.6 Å². The Balaban J connectivity index is 1.57. The third kappa shape index (κ3) is 4.75. The summed E-state index contributed by atoms with van der Waals surface area (Å²) < 4.78 is 10.3. The first-order chi connectivity index (χ1) is 13.1. The second-order valence-electron chi connectivity index (χ2n) is 6.48. The van der Waals surface area contributed by atoms with E-state index in [0.717, 1.165) is 36.5 Å². The highest BCUT2D eigenvalue weighted by Gasteiger charge is 2.20. The normalized spacial score (nSPS) is 14.0. The Labute approximate surface area is 157 Å². The van der Waals surface area contributed by atoms with E-state index >= 15 is 0 Å². The average molecular weight is 370 g/mol. The number of hydrogen-bond acceptors (Lipinski definition) is 5. The van der Waals surface area contributed by atoms with E-state index in [2.05, 4.69) is 10.6 Å². The van der Waals surface area contributed by atoms with Crippen molar-refractivity contribution in [2.45, 2.75) is 31.7 Å². The molecule has 0 bridgehead atoms. The quantitative estimate of drug-likeness (QED) is 0.790. The van der Waals surface area contributed by atoms with Gasteiger partial charge in [0.2, 0.25) is 0 Å². The van der Waals surface area contributed by atoms with Crippen molar-refractivity contribution in [3.63, 3.8) is 0 Å². The number of amides is 3. The number of carbonyl (C=O) groups excluding carboxylic acids is 3. The molecule has 142 valence electrons. The number of benzene rings is 2. The van der Waals surface area contributed by atoms with Gasteiger partial charge >= 0.3 is 12.0 Å². The maximum Gasteiger partial charge on any atom is 0.342 e. The van der Waals surface area contributed by atoms with E-state index in [4.69, 9.17) is 9.47 Å². The SMILES string of the molecule is COc1cc2ccccc2cc1C(=O)OCC(=O)NC(=O)NC1CCCC1. The Bertz CT molecular complexity index is 859. The highest BCUT2D eigenvalue weighted by Crippen LogP contribution is 2.26. The number of ether oxygens (including phenoxy) is 2. The molecule has 0 unspecified atom stereocenters. The van der Waals surface area contributed by atoms with Crippen LogP contribution in [0.2, 0.25) is 0 Å². The van der Waals surface area contributed by atoms with Crippen LogP contribution in [-0.4, -0.2) is 37.7 Å². The summed E-state index contributed by atoms with van der Waals surface area (Å²) in [5.41, 5.74) is 0.222. The Morgan fingerprint density at radius 3 is 2.41 bits per heavy atom. The molecule has 0 radical (unpaired) electrons. The summed E-state index contributed by atoms with van der Waals surface area (Å²) in [7, 11) is 1.46. The van der Waals surface area contributed by atoms with E-state index in [1.54, 1.807) is 12.1 Å². The minimum absolute atomic E-state index is 0.0993. The maximum atomic E-state index is 12.4. The Hall–Kier alpha value is -3.09. The lowest BCUT2D eigenvalue weighted by molar-refractivity contribution is -0.123. The van der Waals surface area contributed by atoms with E-state index < -0.39 is 24.5 Å². The molecule has 7 heteroatoms. The van der Waals surface area contributed by atoms with Gasteiger partial charge in [-0.2, -0.15) is 0 Å².